The van der Waals surface area contributed by atoms with E-state index in [1.165, 1.54) is 17.0 Å². The third kappa shape index (κ3) is 9.26. The quantitative estimate of drug-likeness (QED) is 0.245. The summed E-state index contributed by atoms with van der Waals surface area (Å²) in [5.74, 6) is -3.40. The molecule has 0 bridgehead atoms. The minimum absolute atomic E-state index is 0. The SMILES string of the molecule is CCN(CC)CCCN1OC(=O)C(=O)OC(CS(=O)(=O)c2ccccc2)N(CCN(CC)CC)C1=O.O. The first-order valence-electron chi connectivity index (χ1n) is 12.4. The Morgan fingerprint density at radius 2 is 1.41 bits per heavy atom. The first-order chi connectivity index (χ1) is 17.2. The van der Waals surface area contributed by atoms with Gasteiger partial charge in [-0.1, -0.05) is 45.9 Å². The summed E-state index contributed by atoms with van der Waals surface area (Å²) in [5.41, 5.74) is 0. The van der Waals surface area contributed by atoms with Gasteiger partial charge in [0.05, 0.1) is 11.4 Å². The van der Waals surface area contributed by atoms with Gasteiger partial charge in [0.15, 0.2) is 16.1 Å². The molecule has 13 heteroatoms. The van der Waals surface area contributed by atoms with Crippen LogP contribution in [0.5, 0.6) is 0 Å². The average Bonchev–Trinajstić information content (AvgIpc) is 2.87. The fourth-order valence-electron chi connectivity index (χ4n) is 3.86. The Bertz CT molecular complexity index is 968. The second kappa shape index (κ2) is 15.5. The fourth-order valence-corrected chi connectivity index (χ4v) is 5.25. The van der Waals surface area contributed by atoms with Crippen molar-refractivity contribution < 1.29 is 37.9 Å². The highest BCUT2D eigenvalue weighted by atomic mass is 32.2. The zero-order valence-corrected chi connectivity index (χ0v) is 22.9. The number of likely N-dealkylation sites (N-methyl/N-ethyl adjacent to an activating group) is 1. The molecule has 1 atom stereocenters. The van der Waals surface area contributed by atoms with Crippen LogP contribution in [-0.4, -0.2) is 116 Å². The zero-order chi connectivity index (χ0) is 26.7. The van der Waals surface area contributed by atoms with E-state index < -0.39 is 39.8 Å². The molecule has 12 nitrogen and oxygen atoms in total. The number of hydroxylamine groups is 2. The normalized spacial score (nSPS) is 16.8. The number of ether oxygens (including phenoxy) is 1. The van der Waals surface area contributed by atoms with E-state index in [0.717, 1.165) is 18.2 Å². The molecule has 1 aliphatic heterocycles. The van der Waals surface area contributed by atoms with Crippen molar-refractivity contribution in [2.45, 2.75) is 45.2 Å². The lowest BCUT2D eigenvalue weighted by Gasteiger charge is -2.37. The largest absolute Gasteiger partial charge is 0.441 e. The number of carbonyl (C=O) groups excluding carboxylic acids is 3. The molecule has 1 unspecified atom stereocenters. The summed E-state index contributed by atoms with van der Waals surface area (Å²) in [6, 6.07) is 6.97. The summed E-state index contributed by atoms with van der Waals surface area (Å²) in [5, 5.41) is 0.844. The van der Waals surface area contributed by atoms with Gasteiger partial charge in [0.1, 0.15) is 5.75 Å². The molecule has 1 aromatic rings. The maximum Gasteiger partial charge on any atom is 0.441 e. The molecule has 2 amide bonds. The van der Waals surface area contributed by atoms with Crippen LogP contribution < -0.4 is 0 Å². The van der Waals surface area contributed by atoms with Gasteiger partial charge in [0.2, 0.25) is 0 Å². The molecule has 1 saturated heterocycles. The van der Waals surface area contributed by atoms with E-state index in [1.807, 2.05) is 32.6 Å². The number of hydrogen-bond donors (Lipinski definition) is 0. The molecule has 0 aromatic heterocycles. The monoisotopic (exact) mass is 544 g/mol. The number of hydrogen-bond acceptors (Lipinski definition) is 9. The molecule has 1 fully saturated rings. The van der Waals surface area contributed by atoms with Crippen LogP contribution in [0, 0.1) is 0 Å². The lowest BCUT2D eigenvalue weighted by molar-refractivity contribution is -0.204. The maximum atomic E-state index is 13.5. The van der Waals surface area contributed by atoms with Crippen LogP contribution in [0.4, 0.5) is 4.79 Å². The summed E-state index contributed by atoms with van der Waals surface area (Å²) in [7, 11) is -3.95. The van der Waals surface area contributed by atoms with E-state index in [2.05, 4.69) is 4.90 Å². The Kier molecular flexibility index (Phi) is 13.5. The van der Waals surface area contributed by atoms with Crippen LogP contribution >= 0.6 is 0 Å². The van der Waals surface area contributed by atoms with E-state index in [-0.39, 0.29) is 23.5 Å². The Labute approximate surface area is 219 Å². The summed E-state index contributed by atoms with van der Waals surface area (Å²) in [6.45, 7) is 12.3. The molecule has 0 radical (unpaired) electrons. The number of cyclic esters (lactones) is 1. The van der Waals surface area contributed by atoms with Crippen molar-refractivity contribution in [2.75, 3.05) is 58.1 Å². The van der Waals surface area contributed by atoms with Gasteiger partial charge >= 0.3 is 18.0 Å². The summed E-state index contributed by atoms with van der Waals surface area (Å²) >= 11 is 0. The number of sulfone groups is 1. The molecular formula is C24H40N4O8S. The number of amides is 2. The highest BCUT2D eigenvalue weighted by Gasteiger charge is 2.40. The van der Waals surface area contributed by atoms with Crippen LogP contribution in [0.25, 0.3) is 0 Å². The summed E-state index contributed by atoms with van der Waals surface area (Å²) in [6.07, 6.45) is -1.00. The molecule has 2 rings (SSSR count). The molecular weight excluding hydrogens is 504 g/mol. The second-order valence-corrected chi connectivity index (χ2v) is 10.4. The minimum atomic E-state index is -3.95. The van der Waals surface area contributed by atoms with Crippen molar-refractivity contribution in [2.24, 2.45) is 0 Å². The van der Waals surface area contributed by atoms with Crippen molar-refractivity contribution in [1.82, 2.24) is 19.8 Å². The number of esters is 1. The molecule has 210 valence electrons. The lowest BCUT2D eigenvalue weighted by Crippen LogP contribution is -2.57. The highest BCUT2D eigenvalue weighted by Crippen LogP contribution is 2.19. The Morgan fingerprint density at radius 1 is 0.838 bits per heavy atom. The van der Waals surface area contributed by atoms with Crippen molar-refractivity contribution in [3.63, 3.8) is 0 Å². The standard InChI is InChI=1S/C24H38N4O7S.H2O/c1-5-25(6-2)15-12-16-28-24(31)27(18-17-26(7-3)8-4)21(34-22(29)23(30)35-28)19-36(32,33)20-13-10-9-11-14-20;/h9-11,13-14,21H,5-8,12,15-19H2,1-4H3;1H2. The van der Waals surface area contributed by atoms with Gasteiger partial charge in [-0.25, -0.2) is 22.8 Å². The molecule has 0 saturated carbocycles. The van der Waals surface area contributed by atoms with Gasteiger partial charge in [-0.15, -0.1) is 0 Å². The Balaban J connectivity index is 0.00000684. The fraction of sp³-hybridized carbons (Fsp3) is 0.625. The lowest BCUT2D eigenvalue weighted by atomic mass is 10.3. The van der Waals surface area contributed by atoms with Gasteiger partial charge in [-0.05, 0) is 51.3 Å². The average molecular weight is 545 g/mol. The van der Waals surface area contributed by atoms with E-state index in [0.29, 0.717) is 32.6 Å². The van der Waals surface area contributed by atoms with Crippen LogP contribution in [0.3, 0.4) is 0 Å². The van der Waals surface area contributed by atoms with E-state index >= 15 is 0 Å². The second-order valence-electron chi connectivity index (χ2n) is 8.32. The molecule has 2 N–H and O–H groups in total. The number of benzene rings is 1. The first-order valence-corrected chi connectivity index (χ1v) is 14.0. The molecule has 1 aliphatic rings. The van der Waals surface area contributed by atoms with E-state index in [9.17, 15) is 22.8 Å². The Morgan fingerprint density at radius 3 is 1.97 bits per heavy atom. The van der Waals surface area contributed by atoms with Gasteiger partial charge < -0.3 is 24.9 Å². The van der Waals surface area contributed by atoms with Gasteiger partial charge in [-0.3, -0.25) is 4.90 Å². The number of carbonyl (C=O) groups is 3. The number of rotatable bonds is 14. The topological polar surface area (TPSA) is 148 Å². The van der Waals surface area contributed by atoms with Gasteiger partial charge in [0, 0.05) is 13.1 Å². The maximum absolute atomic E-state index is 13.5. The third-order valence-electron chi connectivity index (χ3n) is 6.16. The predicted molar refractivity (Wildman–Crippen MR) is 137 cm³/mol. The van der Waals surface area contributed by atoms with Crippen LogP contribution in [-0.2, 0) is 29.0 Å². The van der Waals surface area contributed by atoms with Crippen molar-refractivity contribution in [3.8, 4) is 0 Å². The van der Waals surface area contributed by atoms with Gasteiger partial charge in [-0.2, -0.15) is 5.06 Å². The summed E-state index contributed by atoms with van der Waals surface area (Å²) in [4.78, 5) is 48.8. The number of nitrogens with zero attached hydrogens (tertiary/aromatic N) is 4. The smallest absolute Gasteiger partial charge is 0.432 e. The van der Waals surface area contributed by atoms with Crippen molar-refractivity contribution in [3.05, 3.63) is 30.3 Å². The van der Waals surface area contributed by atoms with Crippen LogP contribution in [0.15, 0.2) is 35.2 Å². The van der Waals surface area contributed by atoms with Crippen molar-refractivity contribution >= 4 is 27.8 Å². The van der Waals surface area contributed by atoms with E-state index in [1.54, 1.807) is 18.2 Å². The third-order valence-corrected chi connectivity index (χ3v) is 7.87. The molecule has 37 heavy (non-hydrogen) atoms. The van der Waals surface area contributed by atoms with Crippen LogP contribution in [0.1, 0.15) is 34.1 Å². The first kappa shape index (κ1) is 32.3. The highest BCUT2D eigenvalue weighted by molar-refractivity contribution is 7.91. The molecule has 0 spiro atoms. The van der Waals surface area contributed by atoms with E-state index in [4.69, 9.17) is 9.57 Å². The zero-order valence-electron chi connectivity index (χ0n) is 22.1. The minimum Gasteiger partial charge on any atom is -0.432 e. The van der Waals surface area contributed by atoms with Crippen LogP contribution in [0.2, 0.25) is 0 Å². The predicted octanol–water partition coefficient (Wildman–Crippen LogP) is 0.774. The van der Waals surface area contributed by atoms with Crippen molar-refractivity contribution in [1.29, 1.82) is 0 Å². The molecule has 0 aliphatic carbocycles. The molecule has 1 aromatic carbocycles. The number of urea groups is 1. The summed E-state index contributed by atoms with van der Waals surface area (Å²) < 4.78 is 31.4. The Hall–Kier alpha value is -2.74. The van der Waals surface area contributed by atoms with Gasteiger partial charge in [0.25, 0.3) is 0 Å². The molecule has 1 heterocycles.